The molecule has 0 unspecified atom stereocenters. The molecule has 0 spiro atoms. The minimum atomic E-state index is 1.02. The highest BCUT2D eigenvalue weighted by molar-refractivity contribution is 6.08. The van der Waals surface area contributed by atoms with Gasteiger partial charge >= 0.3 is 0 Å². The topological polar surface area (TPSA) is 12.9 Å². The molecule has 5 rings (SSSR count). The molecule has 0 N–H and O–H groups in total. The summed E-state index contributed by atoms with van der Waals surface area (Å²) in [6.45, 7) is 4.28. The zero-order chi connectivity index (χ0) is 20.5. The predicted octanol–water partition coefficient (Wildman–Crippen LogP) is 7.85. The van der Waals surface area contributed by atoms with Gasteiger partial charge in [-0.15, -0.1) is 0 Å². The molecular weight excluding hydrogens is 362 g/mol. The van der Waals surface area contributed by atoms with E-state index >= 15 is 0 Å². The molecule has 0 fully saturated rings. The number of benzene rings is 4. The molecule has 0 atom stereocenters. The lowest BCUT2D eigenvalue weighted by molar-refractivity contribution is 1.34. The summed E-state index contributed by atoms with van der Waals surface area (Å²) in [6, 6.07) is 36.5. The monoisotopic (exact) mass is 385 g/mol. The van der Waals surface area contributed by atoms with E-state index in [1.165, 1.54) is 33.0 Å². The van der Waals surface area contributed by atoms with E-state index in [4.69, 9.17) is 4.98 Å². The molecule has 0 saturated heterocycles. The first-order valence-corrected chi connectivity index (χ1v) is 10.3. The number of fused-ring (bicyclic) bond motifs is 1. The van der Waals surface area contributed by atoms with Crippen LogP contribution in [0.1, 0.15) is 11.1 Å². The zero-order valence-electron chi connectivity index (χ0n) is 17.3. The van der Waals surface area contributed by atoms with Crippen molar-refractivity contribution in [2.75, 3.05) is 0 Å². The van der Waals surface area contributed by atoms with Crippen LogP contribution < -0.4 is 0 Å². The van der Waals surface area contributed by atoms with Crippen LogP contribution in [-0.2, 0) is 0 Å². The Hall–Kier alpha value is -3.71. The van der Waals surface area contributed by atoms with Crippen LogP contribution in [0.2, 0.25) is 0 Å². The third-order valence-corrected chi connectivity index (χ3v) is 5.56. The van der Waals surface area contributed by atoms with E-state index in [1.807, 2.05) is 0 Å². The van der Waals surface area contributed by atoms with Gasteiger partial charge in [-0.1, -0.05) is 102 Å². The molecule has 0 aliphatic heterocycles. The maximum absolute atomic E-state index is 5.30. The van der Waals surface area contributed by atoms with E-state index in [-0.39, 0.29) is 0 Å². The highest BCUT2D eigenvalue weighted by Gasteiger charge is 2.18. The van der Waals surface area contributed by atoms with Gasteiger partial charge in [0, 0.05) is 22.1 Å². The van der Waals surface area contributed by atoms with Crippen molar-refractivity contribution in [3.63, 3.8) is 0 Å². The van der Waals surface area contributed by atoms with E-state index in [0.717, 1.165) is 22.5 Å². The SMILES string of the molecule is Cc1cccc(-c2nc(-c3ccccc3)c(-c3ccccc3)c3ccc(C)cc23)c1. The first-order chi connectivity index (χ1) is 14.7. The Balaban J connectivity index is 1.94. The lowest BCUT2D eigenvalue weighted by Crippen LogP contribution is -1.96. The second-order valence-electron chi connectivity index (χ2n) is 7.83. The Morgan fingerprint density at radius 2 is 1.10 bits per heavy atom. The molecule has 0 radical (unpaired) electrons. The Bertz CT molecular complexity index is 1340. The number of hydrogen-bond donors (Lipinski definition) is 0. The molecule has 144 valence electrons. The van der Waals surface area contributed by atoms with Crippen molar-refractivity contribution >= 4 is 10.8 Å². The molecule has 5 aromatic rings. The van der Waals surface area contributed by atoms with E-state index in [1.54, 1.807) is 0 Å². The zero-order valence-corrected chi connectivity index (χ0v) is 17.3. The second-order valence-corrected chi connectivity index (χ2v) is 7.83. The largest absolute Gasteiger partial charge is 0.246 e. The average molecular weight is 386 g/mol. The van der Waals surface area contributed by atoms with Crippen LogP contribution >= 0.6 is 0 Å². The van der Waals surface area contributed by atoms with Crippen molar-refractivity contribution in [2.45, 2.75) is 13.8 Å². The molecule has 0 aliphatic rings. The maximum Gasteiger partial charge on any atom is 0.0794 e. The van der Waals surface area contributed by atoms with Crippen molar-refractivity contribution in [2.24, 2.45) is 0 Å². The van der Waals surface area contributed by atoms with Gasteiger partial charge in [0.25, 0.3) is 0 Å². The molecular formula is C29H23N. The smallest absolute Gasteiger partial charge is 0.0794 e. The fourth-order valence-corrected chi connectivity index (χ4v) is 4.14. The van der Waals surface area contributed by atoms with Gasteiger partial charge in [-0.05, 0) is 36.9 Å². The number of aromatic nitrogens is 1. The average Bonchev–Trinajstić information content (AvgIpc) is 2.79. The lowest BCUT2D eigenvalue weighted by Gasteiger charge is -2.17. The highest BCUT2D eigenvalue weighted by atomic mass is 14.7. The summed E-state index contributed by atoms with van der Waals surface area (Å²) >= 11 is 0. The lowest BCUT2D eigenvalue weighted by atomic mass is 9.90. The number of pyridine rings is 1. The van der Waals surface area contributed by atoms with Gasteiger partial charge in [0.15, 0.2) is 0 Å². The van der Waals surface area contributed by atoms with Crippen molar-refractivity contribution in [3.05, 3.63) is 114 Å². The Morgan fingerprint density at radius 3 is 1.80 bits per heavy atom. The Morgan fingerprint density at radius 1 is 0.467 bits per heavy atom. The summed E-state index contributed by atoms with van der Waals surface area (Å²) in [5.41, 5.74) is 9.20. The summed E-state index contributed by atoms with van der Waals surface area (Å²) in [5, 5.41) is 2.43. The molecule has 1 heterocycles. The van der Waals surface area contributed by atoms with Crippen LogP contribution in [0.3, 0.4) is 0 Å². The quantitative estimate of drug-likeness (QED) is 0.308. The number of aryl methyl sites for hydroxylation is 2. The van der Waals surface area contributed by atoms with Gasteiger partial charge in [-0.25, -0.2) is 4.98 Å². The normalized spacial score (nSPS) is 11.0. The molecule has 4 aromatic carbocycles. The minimum absolute atomic E-state index is 1.02. The van der Waals surface area contributed by atoms with Crippen LogP contribution in [0.5, 0.6) is 0 Å². The second kappa shape index (κ2) is 7.61. The van der Waals surface area contributed by atoms with Gasteiger partial charge in [-0.3, -0.25) is 0 Å². The van der Waals surface area contributed by atoms with Crippen LogP contribution in [0.25, 0.3) is 44.4 Å². The summed E-state index contributed by atoms with van der Waals surface area (Å²) in [5.74, 6) is 0. The van der Waals surface area contributed by atoms with Crippen molar-refractivity contribution in [1.82, 2.24) is 4.98 Å². The van der Waals surface area contributed by atoms with Gasteiger partial charge in [0.05, 0.1) is 11.4 Å². The first-order valence-electron chi connectivity index (χ1n) is 10.3. The van der Waals surface area contributed by atoms with Gasteiger partial charge in [0.2, 0.25) is 0 Å². The molecule has 1 aromatic heterocycles. The Labute approximate surface area is 177 Å². The molecule has 1 heteroatoms. The molecule has 0 aliphatic carbocycles. The third kappa shape index (κ3) is 3.29. The molecule has 0 saturated carbocycles. The van der Waals surface area contributed by atoms with E-state index in [2.05, 4.69) is 117 Å². The van der Waals surface area contributed by atoms with E-state index in [0.29, 0.717) is 0 Å². The highest BCUT2D eigenvalue weighted by Crippen LogP contribution is 2.41. The standard InChI is InChI=1S/C29H23N/c1-20-10-9-15-24(18-20)28-26-19-21(2)16-17-25(26)27(22-11-5-3-6-12-22)29(30-28)23-13-7-4-8-14-23/h3-19H,1-2H3. The van der Waals surface area contributed by atoms with Crippen LogP contribution in [0, 0.1) is 13.8 Å². The van der Waals surface area contributed by atoms with Crippen molar-refractivity contribution in [3.8, 4) is 33.6 Å². The summed E-state index contributed by atoms with van der Waals surface area (Å²) in [4.78, 5) is 5.30. The van der Waals surface area contributed by atoms with E-state index in [9.17, 15) is 0 Å². The number of hydrogen-bond acceptors (Lipinski definition) is 1. The summed E-state index contributed by atoms with van der Waals surface area (Å²) in [6.07, 6.45) is 0. The number of nitrogens with zero attached hydrogens (tertiary/aromatic N) is 1. The summed E-state index contributed by atoms with van der Waals surface area (Å²) < 4.78 is 0. The molecule has 1 nitrogen and oxygen atoms in total. The van der Waals surface area contributed by atoms with Crippen molar-refractivity contribution in [1.29, 1.82) is 0 Å². The minimum Gasteiger partial charge on any atom is -0.246 e. The van der Waals surface area contributed by atoms with Crippen LogP contribution in [0.15, 0.2) is 103 Å². The van der Waals surface area contributed by atoms with Gasteiger partial charge < -0.3 is 0 Å². The predicted molar refractivity (Wildman–Crippen MR) is 128 cm³/mol. The molecule has 0 bridgehead atoms. The van der Waals surface area contributed by atoms with Crippen LogP contribution in [-0.4, -0.2) is 4.98 Å². The van der Waals surface area contributed by atoms with Gasteiger partial charge in [0.1, 0.15) is 0 Å². The Kier molecular flexibility index (Phi) is 4.65. The van der Waals surface area contributed by atoms with Gasteiger partial charge in [-0.2, -0.15) is 0 Å². The maximum atomic E-state index is 5.30. The summed E-state index contributed by atoms with van der Waals surface area (Å²) in [7, 11) is 0. The molecule has 0 amide bonds. The molecule has 30 heavy (non-hydrogen) atoms. The fourth-order valence-electron chi connectivity index (χ4n) is 4.14. The number of rotatable bonds is 3. The third-order valence-electron chi connectivity index (χ3n) is 5.56. The first kappa shape index (κ1) is 18.3. The van der Waals surface area contributed by atoms with Crippen LogP contribution in [0.4, 0.5) is 0 Å². The van der Waals surface area contributed by atoms with Crippen molar-refractivity contribution < 1.29 is 0 Å². The van der Waals surface area contributed by atoms with E-state index < -0.39 is 0 Å². The fraction of sp³-hybridized carbons (Fsp3) is 0.0690.